The molecule has 220 valence electrons. The molecule has 0 amide bonds. The van der Waals surface area contributed by atoms with Crippen LogP contribution < -0.4 is 0 Å². The van der Waals surface area contributed by atoms with Crippen molar-refractivity contribution >= 4 is 17.9 Å². The van der Waals surface area contributed by atoms with E-state index in [1.165, 1.54) is 21.3 Å². The van der Waals surface area contributed by atoms with E-state index in [0.29, 0.717) is 19.6 Å². The lowest BCUT2D eigenvalue weighted by molar-refractivity contribution is -0.198. The molecule has 1 heterocycles. The molecule has 1 aliphatic heterocycles. The Morgan fingerprint density at radius 3 is 1.93 bits per heavy atom. The van der Waals surface area contributed by atoms with Gasteiger partial charge >= 0.3 is 17.9 Å². The maximum Gasteiger partial charge on any atom is 0.324 e. The number of hydrogen-bond acceptors (Lipinski definition) is 9. The van der Waals surface area contributed by atoms with Crippen LogP contribution in [0, 0.1) is 17.3 Å². The predicted octanol–water partition coefficient (Wildman–Crippen LogP) is 4.03. The highest BCUT2D eigenvalue weighted by Crippen LogP contribution is 2.61. The average molecular weight is 567 g/mol. The summed E-state index contributed by atoms with van der Waals surface area (Å²) in [5, 5.41) is 0. The van der Waals surface area contributed by atoms with Gasteiger partial charge in [-0.2, -0.15) is 0 Å². The smallest absolute Gasteiger partial charge is 0.324 e. The van der Waals surface area contributed by atoms with Crippen molar-refractivity contribution in [3.8, 4) is 0 Å². The van der Waals surface area contributed by atoms with Crippen molar-refractivity contribution in [2.24, 2.45) is 17.3 Å². The van der Waals surface area contributed by atoms with Crippen molar-refractivity contribution in [1.29, 1.82) is 0 Å². The third-order valence-corrected chi connectivity index (χ3v) is 7.98. The number of benzene rings is 2. The maximum absolute atomic E-state index is 12.7. The molecular formula is C32H38O9. The molecule has 1 aliphatic carbocycles. The van der Waals surface area contributed by atoms with E-state index in [1.807, 2.05) is 60.7 Å². The van der Waals surface area contributed by atoms with Crippen LogP contribution >= 0.6 is 0 Å². The van der Waals surface area contributed by atoms with Crippen LogP contribution in [0.3, 0.4) is 0 Å². The number of ether oxygens (including phenoxy) is 6. The molecule has 2 aliphatic rings. The lowest BCUT2D eigenvalue weighted by Crippen LogP contribution is -2.50. The maximum atomic E-state index is 12.7. The van der Waals surface area contributed by atoms with Crippen molar-refractivity contribution in [2.45, 2.75) is 57.4 Å². The van der Waals surface area contributed by atoms with Gasteiger partial charge in [-0.1, -0.05) is 79.7 Å². The Morgan fingerprint density at radius 2 is 1.39 bits per heavy atom. The van der Waals surface area contributed by atoms with E-state index in [0.717, 1.165) is 11.1 Å². The second-order valence-corrected chi connectivity index (χ2v) is 10.4. The van der Waals surface area contributed by atoms with E-state index < -0.39 is 53.7 Å². The van der Waals surface area contributed by atoms with Gasteiger partial charge in [0.1, 0.15) is 12.2 Å². The molecule has 0 radical (unpaired) electrons. The number of methoxy groups -OCH3 is 3. The zero-order valence-electron chi connectivity index (χ0n) is 23.9. The fourth-order valence-electron chi connectivity index (χ4n) is 5.63. The summed E-state index contributed by atoms with van der Waals surface area (Å²) in [7, 11) is 3.84. The van der Waals surface area contributed by atoms with E-state index in [4.69, 9.17) is 28.4 Å². The summed E-state index contributed by atoms with van der Waals surface area (Å²) in [5.41, 5.74) is 0.578. The molecule has 0 bridgehead atoms. The molecule has 9 heteroatoms. The van der Waals surface area contributed by atoms with Gasteiger partial charge in [-0.3, -0.25) is 14.4 Å². The van der Waals surface area contributed by atoms with E-state index in [-0.39, 0.29) is 12.3 Å². The van der Waals surface area contributed by atoms with Gasteiger partial charge in [0.15, 0.2) is 5.41 Å². The molecular weight excluding hydrogens is 528 g/mol. The lowest BCUT2D eigenvalue weighted by Gasteiger charge is -2.40. The summed E-state index contributed by atoms with van der Waals surface area (Å²) in [5.74, 6) is -2.46. The first kappa shape index (κ1) is 30.4. The fraction of sp³-hybridized carbons (Fsp3) is 0.469. The normalized spacial score (nSPS) is 26.7. The van der Waals surface area contributed by atoms with Crippen molar-refractivity contribution in [1.82, 2.24) is 0 Å². The Labute approximate surface area is 240 Å². The van der Waals surface area contributed by atoms with Crippen LogP contribution in [0.2, 0.25) is 0 Å². The summed E-state index contributed by atoms with van der Waals surface area (Å²) >= 11 is 0. The van der Waals surface area contributed by atoms with Crippen molar-refractivity contribution < 1.29 is 42.8 Å². The first-order chi connectivity index (χ1) is 19.8. The van der Waals surface area contributed by atoms with Crippen LogP contribution in [-0.4, -0.2) is 63.7 Å². The third kappa shape index (κ3) is 6.86. The van der Waals surface area contributed by atoms with E-state index in [2.05, 4.69) is 0 Å². The second-order valence-electron chi connectivity index (χ2n) is 10.4. The second kappa shape index (κ2) is 13.9. The monoisotopic (exact) mass is 566 g/mol. The fourth-order valence-corrected chi connectivity index (χ4v) is 5.63. The number of carbonyl (C=O) groups excluding carboxylic acids is 3. The largest absolute Gasteiger partial charge is 0.469 e. The lowest BCUT2D eigenvalue weighted by atomic mass is 9.94. The number of allylic oxidation sites excluding steroid dienone is 1. The Hall–Kier alpha value is -3.53. The number of carbonyl (C=O) groups is 3. The molecule has 0 spiro atoms. The van der Waals surface area contributed by atoms with Gasteiger partial charge in [0, 0.05) is 12.3 Å². The number of rotatable bonds is 12. The predicted molar refractivity (Wildman–Crippen MR) is 148 cm³/mol. The van der Waals surface area contributed by atoms with Crippen LogP contribution in [-0.2, 0) is 56.0 Å². The Balaban J connectivity index is 1.61. The topological polar surface area (TPSA) is 107 Å². The summed E-state index contributed by atoms with van der Waals surface area (Å²) in [6, 6.07) is 19.6. The van der Waals surface area contributed by atoms with Crippen LogP contribution in [0.5, 0.6) is 0 Å². The molecule has 0 aromatic heterocycles. The van der Waals surface area contributed by atoms with Crippen LogP contribution in [0.15, 0.2) is 72.8 Å². The zero-order valence-corrected chi connectivity index (χ0v) is 23.9. The molecule has 9 nitrogen and oxygen atoms in total. The van der Waals surface area contributed by atoms with Gasteiger partial charge < -0.3 is 28.4 Å². The van der Waals surface area contributed by atoms with Gasteiger partial charge in [0.25, 0.3) is 0 Å². The van der Waals surface area contributed by atoms with E-state index >= 15 is 0 Å². The minimum absolute atomic E-state index is 0.0472. The van der Waals surface area contributed by atoms with Gasteiger partial charge in [-0.25, -0.2) is 0 Å². The summed E-state index contributed by atoms with van der Waals surface area (Å²) in [6.45, 7) is 2.48. The first-order valence-electron chi connectivity index (χ1n) is 13.7. The molecule has 6 atom stereocenters. The van der Waals surface area contributed by atoms with E-state index in [9.17, 15) is 14.4 Å². The van der Waals surface area contributed by atoms with Crippen LogP contribution in [0.4, 0.5) is 0 Å². The summed E-state index contributed by atoms with van der Waals surface area (Å²) < 4.78 is 34.0. The standard InChI is InChI=1S/C32H38O9/c1-21-25(32(21,30(34)37-3)31(35)38-4)15-16-26-29(40-20-23-13-9-6-10-14-23)27(17-24(41-26)18-28(33)36-2)39-19-22-11-7-5-8-12-22/h5-16,21,24-27,29H,17-20H2,1-4H3/t21-,24-,25+,26-,27-,29-/m0/s1. The van der Waals surface area contributed by atoms with Crippen molar-refractivity contribution in [3.05, 3.63) is 83.9 Å². The summed E-state index contributed by atoms with van der Waals surface area (Å²) in [4.78, 5) is 37.6. The Morgan fingerprint density at radius 1 is 0.829 bits per heavy atom. The van der Waals surface area contributed by atoms with Gasteiger partial charge in [0.05, 0.1) is 53.2 Å². The summed E-state index contributed by atoms with van der Waals surface area (Å²) in [6.07, 6.45) is 1.97. The molecule has 2 fully saturated rings. The highest BCUT2D eigenvalue weighted by Gasteiger charge is 2.73. The van der Waals surface area contributed by atoms with E-state index in [1.54, 1.807) is 19.1 Å². The first-order valence-corrected chi connectivity index (χ1v) is 13.7. The highest BCUT2D eigenvalue weighted by atomic mass is 16.6. The van der Waals surface area contributed by atoms with Crippen molar-refractivity contribution in [3.63, 3.8) is 0 Å². The Bertz CT molecular complexity index is 1180. The SMILES string of the molecule is COC(=O)C[C@@H]1C[C@H](OCc2ccccc2)[C@@H](OCc2ccccc2)[C@H](C=C[C@@H]2[C@H](C)C2(C(=O)OC)C(=O)OC)O1. The molecule has 0 N–H and O–H groups in total. The minimum atomic E-state index is -1.41. The van der Waals surface area contributed by atoms with Crippen LogP contribution in [0.25, 0.3) is 0 Å². The molecule has 1 saturated carbocycles. The van der Waals surface area contributed by atoms with Crippen molar-refractivity contribution in [2.75, 3.05) is 21.3 Å². The quantitative estimate of drug-likeness (QED) is 0.163. The average Bonchev–Trinajstić information content (AvgIpc) is 3.61. The van der Waals surface area contributed by atoms with Gasteiger partial charge in [-0.05, 0) is 17.0 Å². The molecule has 0 unspecified atom stereocenters. The highest BCUT2D eigenvalue weighted by molar-refractivity contribution is 6.04. The third-order valence-electron chi connectivity index (χ3n) is 7.98. The van der Waals surface area contributed by atoms with Gasteiger partial charge in [-0.15, -0.1) is 0 Å². The molecule has 2 aromatic rings. The molecule has 1 saturated heterocycles. The number of hydrogen-bond donors (Lipinski definition) is 0. The minimum Gasteiger partial charge on any atom is -0.469 e. The molecule has 4 rings (SSSR count). The Kier molecular flexibility index (Phi) is 10.3. The zero-order chi connectivity index (χ0) is 29.4. The van der Waals surface area contributed by atoms with Crippen LogP contribution in [0.1, 0.15) is 30.9 Å². The molecule has 41 heavy (non-hydrogen) atoms. The number of esters is 3. The molecule has 2 aromatic carbocycles. The van der Waals surface area contributed by atoms with Gasteiger partial charge in [0.2, 0.25) is 0 Å².